The second kappa shape index (κ2) is 7.05. The number of aromatic amines is 1. The molecule has 3 N–H and O–H groups in total. The third kappa shape index (κ3) is 3.69. The van der Waals surface area contributed by atoms with Crippen molar-refractivity contribution in [2.45, 2.75) is 45.3 Å². The van der Waals surface area contributed by atoms with Crippen LogP contribution >= 0.6 is 0 Å². The van der Waals surface area contributed by atoms with E-state index >= 15 is 0 Å². The van der Waals surface area contributed by atoms with Crippen LogP contribution in [0.1, 0.15) is 36.0 Å². The highest BCUT2D eigenvalue weighted by molar-refractivity contribution is 5.67. The minimum atomic E-state index is -0.916. The Morgan fingerprint density at radius 1 is 1.25 bits per heavy atom. The number of nitrogens with zero attached hydrogens (tertiary/aromatic N) is 2. The Balaban J connectivity index is 1.78. The summed E-state index contributed by atoms with van der Waals surface area (Å²) < 4.78 is 0. The summed E-state index contributed by atoms with van der Waals surface area (Å²) in [5.74, 6) is 0. The van der Waals surface area contributed by atoms with Crippen molar-refractivity contribution in [3.05, 3.63) is 41.1 Å². The van der Waals surface area contributed by atoms with E-state index in [1.165, 1.54) is 22.3 Å². The molecule has 130 valence electrons. The van der Waals surface area contributed by atoms with Crippen LogP contribution in [0.2, 0.25) is 0 Å². The molecule has 1 fully saturated rings. The number of H-pyrrole nitrogens is 1. The summed E-state index contributed by atoms with van der Waals surface area (Å²) in [6.07, 6.45) is 4.07. The Kier molecular flexibility index (Phi) is 5.04. The van der Waals surface area contributed by atoms with Gasteiger partial charge in [-0.15, -0.1) is 0 Å². The molecule has 5 heteroatoms. The lowest BCUT2D eigenvalue weighted by molar-refractivity contribution is -0.0255. The SMILES string of the molecule is Cc1ccc(C)c(-c2[nH]ncc2CN2CCC[C@@](O)(CO)CC2)c1. The van der Waals surface area contributed by atoms with Gasteiger partial charge >= 0.3 is 0 Å². The van der Waals surface area contributed by atoms with Gasteiger partial charge in [0.2, 0.25) is 0 Å². The molecule has 0 unspecified atom stereocenters. The van der Waals surface area contributed by atoms with Gasteiger partial charge in [0.15, 0.2) is 0 Å². The molecule has 1 atom stereocenters. The average molecular weight is 329 g/mol. The van der Waals surface area contributed by atoms with Crippen molar-refractivity contribution < 1.29 is 10.2 Å². The Labute approximate surface area is 143 Å². The molecule has 0 aliphatic carbocycles. The molecule has 0 bridgehead atoms. The normalized spacial score (nSPS) is 22.5. The van der Waals surface area contributed by atoms with Gasteiger partial charge < -0.3 is 10.2 Å². The first-order valence-electron chi connectivity index (χ1n) is 8.66. The predicted molar refractivity (Wildman–Crippen MR) is 94.7 cm³/mol. The van der Waals surface area contributed by atoms with Crippen LogP contribution in [0.25, 0.3) is 11.3 Å². The first-order valence-corrected chi connectivity index (χ1v) is 8.66. The van der Waals surface area contributed by atoms with E-state index in [1.807, 2.05) is 6.20 Å². The number of nitrogens with one attached hydrogen (secondary N) is 1. The Morgan fingerprint density at radius 3 is 2.88 bits per heavy atom. The van der Waals surface area contributed by atoms with Crippen LogP contribution in [0.5, 0.6) is 0 Å². The summed E-state index contributed by atoms with van der Waals surface area (Å²) in [5, 5.41) is 27.1. The van der Waals surface area contributed by atoms with Gasteiger partial charge in [-0.2, -0.15) is 5.10 Å². The molecule has 1 saturated heterocycles. The molecule has 0 radical (unpaired) electrons. The van der Waals surface area contributed by atoms with Crippen LogP contribution in [0.4, 0.5) is 0 Å². The monoisotopic (exact) mass is 329 g/mol. The third-order valence-corrected chi connectivity index (χ3v) is 5.08. The number of rotatable bonds is 4. The van der Waals surface area contributed by atoms with Crippen LogP contribution < -0.4 is 0 Å². The lowest BCUT2D eigenvalue weighted by atomic mass is 9.96. The van der Waals surface area contributed by atoms with E-state index in [4.69, 9.17) is 0 Å². The standard InChI is InChI=1S/C19H27N3O2/c1-14-4-5-15(2)17(10-14)18-16(11-20-21-18)12-22-8-3-6-19(24,13-23)7-9-22/h4-5,10-11,23-24H,3,6-9,12-13H2,1-2H3,(H,20,21)/t19-/m0/s1. The lowest BCUT2D eigenvalue weighted by Gasteiger charge is -2.24. The first kappa shape index (κ1) is 17.1. The average Bonchev–Trinajstić information content (AvgIpc) is 2.94. The summed E-state index contributed by atoms with van der Waals surface area (Å²) >= 11 is 0. The minimum Gasteiger partial charge on any atom is -0.393 e. The largest absolute Gasteiger partial charge is 0.393 e. The molecule has 0 amide bonds. The first-order chi connectivity index (χ1) is 11.5. The summed E-state index contributed by atoms with van der Waals surface area (Å²) in [5.41, 5.74) is 5.01. The quantitative estimate of drug-likeness (QED) is 0.805. The van der Waals surface area contributed by atoms with E-state index in [0.29, 0.717) is 12.8 Å². The van der Waals surface area contributed by atoms with Crippen molar-refractivity contribution in [1.29, 1.82) is 0 Å². The number of aromatic nitrogens is 2. The molecule has 3 rings (SSSR count). The molecule has 24 heavy (non-hydrogen) atoms. The summed E-state index contributed by atoms with van der Waals surface area (Å²) in [4.78, 5) is 2.34. The maximum atomic E-state index is 10.3. The molecule has 0 spiro atoms. The van der Waals surface area contributed by atoms with Crippen molar-refractivity contribution in [3.63, 3.8) is 0 Å². The van der Waals surface area contributed by atoms with Gasteiger partial charge in [0.25, 0.3) is 0 Å². The maximum absolute atomic E-state index is 10.3. The molecule has 0 saturated carbocycles. The molecule has 2 aromatic rings. The number of aliphatic hydroxyl groups excluding tert-OH is 1. The van der Waals surface area contributed by atoms with Crippen LogP contribution in [-0.4, -0.2) is 50.6 Å². The van der Waals surface area contributed by atoms with Crippen LogP contribution in [0.15, 0.2) is 24.4 Å². The Bertz CT molecular complexity index is 698. The minimum absolute atomic E-state index is 0.152. The Hall–Kier alpha value is -1.69. The smallest absolute Gasteiger partial charge is 0.0890 e. The second-order valence-electron chi connectivity index (χ2n) is 7.10. The molecule has 1 aromatic carbocycles. The highest BCUT2D eigenvalue weighted by Gasteiger charge is 2.29. The fourth-order valence-corrected chi connectivity index (χ4v) is 3.46. The predicted octanol–water partition coefficient (Wildman–Crippen LogP) is 2.40. The van der Waals surface area contributed by atoms with E-state index in [-0.39, 0.29) is 6.61 Å². The van der Waals surface area contributed by atoms with Gasteiger partial charge in [0.1, 0.15) is 0 Å². The summed E-state index contributed by atoms with van der Waals surface area (Å²) in [6, 6.07) is 6.46. The van der Waals surface area contributed by atoms with Crippen molar-refractivity contribution in [2.75, 3.05) is 19.7 Å². The number of aryl methyl sites for hydroxylation is 2. The number of hydrogen-bond donors (Lipinski definition) is 3. The summed E-state index contributed by atoms with van der Waals surface area (Å²) in [6.45, 7) is 6.59. The highest BCUT2D eigenvalue weighted by atomic mass is 16.3. The van der Waals surface area contributed by atoms with Gasteiger partial charge in [-0.3, -0.25) is 10.00 Å². The number of aliphatic hydroxyl groups is 2. The van der Waals surface area contributed by atoms with E-state index in [9.17, 15) is 10.2 Å². The molecular formula is C19H27N3O2. The fraction of sp³-hybridized carbons (Fsp3) is 0.526. The van der Waals surface area contributed by atoms with Crippen molar-refractivity contribution in [3.8, 4) is 11.3 Å². The molecular weight excluding hydrogens is 302 g/mol. The molecule has 5 nitrogen and oxygen atoms in total. The number of likely N-dealkylation sites (tertiary alicyclic amines) is 1. The molecule has 2 heterocycles. The van der Waals surface area contributed by atoms with Gasteiger partial charge in [-0.05, 0) is 51.3 Å². The van der Waals surface area contributed by atoms with Crippen LogP contribution in [0, 0.1) is 13.8 Å². The van der Waals surface area contributed by atoms with E-state index < -0.39 is 5.60 Å². The van der Waals surface area contributed by atoms with Gasteiger partial charge in [0, 0.05) is 24.2 Å². The topological polar surface area (TPSA) is 72.4 Å². The van der Waals surface area contributed by atoms with Gasteiger partial charge in [-0.1, -0.05) is 17.7 Å². The highest BCUT2D eigenvalue weighted by Crippen LogP contribution is 2.28. The van der Waals surface area contributed by atoms with Gasteiger partial charge in [-0.25, -0.2) is 0 Å². The van der Waals surface area contributed by atoms with Crippen LogP contribution in [-0.2, 0) is 6.54 Å². The van der Waals surface area contributed by atoms with Crippen molar-refractivity contribution in [2.24, 2.45) is 0 Å². The van der Waals surface area contributed by atoms with E-state index in [2.05, 4.69) is 47.1 Å². The van der Waals surface area contributed by atoms with Crippen molar-refractivity contribution in [1.82, 2.24) is 15.1 Å². The lowest BCUT2D eigenvalue weighted by Crippen LogP contribution is -2.34. The fourth-order valence-electron chi connectivity index (χ4n) is 3.46. The Morgan fingerprint density at radius 2 is 2.08 bits per heavy atom. The number of hydrogen-bond acceptors (Lipinski definition) is 4. The third-order valence-electron chi connectivity index (χ3n) is 5.08. The van der Waals surface area contributed by atoms with Gasteiger partial charge in [0.05, 0.1) is 24.1 Å². The van der Waals surface area contributed by atoms with E-state index in [1.54, 1.807) is 0 Å². The molecule has 1 aliphatic rings. The van der Waals surface area contributed by atoms with E-state index in [0.717, 1.165) is 31.7 Å². The summed E-state index contributed by atoms with van der Waals surface area (Å²) in [7, 11) is 0. The second-order valence-corrected chi connectivity index (χ2v) is 7.10. The molecule has 1 aliphatic heterocycles. The van der Waals surface area contributed by atoms with Crippen molar-refractivity contribution >= 4 is 0 Å². The molecule has 1 aromatic heterocycles. The zero-order valence-corrected chi connectivity index (χ0v) is 14.5. The van der Waals surface area contributed by atoms with Crippen LogP contribution in [0.3, 0.4) is 0 Å². The number of benzene rings is 1. The maximum Gasteiger partial charge on any atom is 0.0890 e. The zero-order chi connectivity index (χ0) is 17.2. The zero-order valence-electron chi connectivity index (χ0n) is 14.5.